The summed E-state index contributed by atoms with van der Waals surface area (Å²) < 4.78 is 8.78. The second kappa shape index (κ2) is 4.98. The maximum atomic E-state index is 11.2. The zero-order chi connectivity index (χ0) is 14.4. The number of ether oxygens (including phenoxy) is 1. The van der Waals surface area contributed by atoms with E-state index in [9.17, 15) is 4.79 Å². The molecule has 1 aliphatic carbocycles. The molecule has 0 aromatic carbocycles. The van der Waals surface area contributed by atoms with Crippen LogP contribution >= 0.6 is 15.9 Å². The number of halogens is 1. The van der Waals surface area contributed by atoms with E-state index in [0.29, 0.717) is 36.1 Å². The van der Waals surface area contributed by atoms with Crippen LogP contribution in [0.2, 0.25) is 0 Å². The molecule has 21 heavy (non-hydrogen) atoms. The Labute approximate surface area is 130 Å². The molecule has 2 fully saturated rings. The van der Waals surface area contributed by atoms with E-state index in [1.165, 1.54) is 12.8 Å². The van der Waals surface area contributed by atoms with E-state index in [1.54, 1.807) is 0 Å². The molecule has 1 aliphatic heterocycles. The minimum atomic E-state index is 0.0963. The van der Waals surface area contributed by atoms with Gasteiger partial charge in [-0.3, -0.25) is 4.79 Å². The van der Waals surface area contributed by atoms with Gasteiger partial charge >= 0.3 is 0 Å². The molecule has 6 nitrogen and oxygen atoms in total. The minimum absolute atomic E-state index is 0.0963. The third-order valence-electron chi connectivity index (χ3n) is 3.95. The molecule has 0 bridgehead atoms. The summed E-state index contributed by atoms with van der Waals surface area (Å²) in [4.78, 5) is 20.1. The fourth-order valence-electron chi connectivity index (χ4n) is 2.71. The van der Waals surface area contributed by atoms with Crippen molar-refractivity contribution >= 4 is 32.9 Å². The third kappa shape index (κ3) is 2.50. The minimum Gasteiger partial charge on any atom is -0.476 e. The van der Waals surface area contributed by atoms with Crippen molar-refractivity contribution in [2.75, 3.05) is 13.2 Å². The van der Waals surface area contributed by atoms with Crippen LogP contribution in [0.25, 0.3) is 11.0 Å². The average molecular weight is 351 g/mol. The lowest BCUT2D eigenvalue weighted by Crippen LogP contribution is -2.17. The smallest absolute Gasteiger partial charge is 0.241 e. The number of imidazole rings is 1. The summed E-state index contributed by atoms with van der Waals surface area (Å²) in [6.07, 6.45) is 4.76. The van der Waals surface area contributed by atoms with E-state index in [4.69, 9.17) is 4.74 Å². The Bertz CT molecular complexity index is 710. The van der Waals surface area contributed by atoms with Crippen LogP contribution < -0.4 is 10.1 Å². The van der Waals surface area contributed by atoms with Gasteiger partial charge in [-0.25, -0.2) is 9.97 Å². The second-order valence-electron chi connectivity index (χ2n) is 5.69. The first kappa shape index (κ1) is 13.1. The van der Waals surface area contributed by atoms with E-state index in [1.807, 2.05) is 12.4 Å². The number of aromatic nitrogens is 3. The number of nitrogens with zero attached hydrogens (tertiary/aromatic N) is 3. The highest BCUT2D eigenvalue weighted by molar-refractivity contribution is 9.10. The topological polar surface area (TPSA) is 69.0 Å². The highest BCUT2D eigenvalue weighted by Gasteiger charge is 2.28. The van der Waals surface area contributed by atoms with Crippen LogP contribution in [-0.2, 0) is 4.79 Å². The summed E-state index contributed by atoms with van der Waals surface area (Å²) in [7, 11) is 0. The Balaban J connectivity index is 1.63. The van der Waals surface area contributed by atoms with Gasteiger partial charge in [0.15, 0.2) is 0 Å². The van der Waals surface area contributed by atoms with Gasteiger partial charge in [-0.1, -0.05) is 0 Å². The maximum absolute atomic E-state index is 11.2. The molecule has 0 unspecified atom stereocenters. The lowest BCUT2D eigenvalue weighted by molar-refractivity contribution is -0.119. The van der Waals surface area contributed by atoms with E-state index < -0.39 is 0 Å². The van der Waals surface area contributed by atoms with Gasteiger partial charge in [0.1, 0.15) is 10.1 Å². The van der Waals surface area contributed by atoms with Crippen molar-refractivity contribution in [2.24, 2.45) is 5.92 Å². The van der Waals surface area contributed by atoms with Gasteiger partial charge in [0.05, 0.1) is 18.5 Å². The van der Waals surface area contributed by atoms with Crippen LogP contribution in [0, 0.1) is 5.92 Å². The Morgan fingerprint density at radius 1 is 1.48 bits per heavy atom. The quantitative estimate of drug-likeness (QED) is 0.856. The van der Waals surface area contributed by atoms with Crippen molar-refractivity contribution in [3.8, 4) is 5.88 Å². The molecular weight excluding hydrogens is 336 g/mol. The molecule has 1 N–H and O–H groups in total. The zero-order valence-electron chi connectivity index (χ0n) is 11.4. The van der Waals surface area contributed by atoms with Crippen LogP contribution in [0.1, 0.15) is 25.3 Å². The SMILES string of the molecule is O=C1C[C@@H](COc2nc(Br)cc3ncn(C4CC4)c23)CN1. The maximum Gasteiger partial charge on any atom is 0.241 e. The van der Waals surface area contributed by atoms with E-state index in [-0.39, 0.29) is 11.8 Å². The molecule has 110 valence electrons. The van der Waals surface area contributed by atoms with E-state index in [0.717, 1.165) is 11.0 Å². The summed E-state index contributed by atoms with van der Waals surface area (Å²) in [6.45, 7) is 1.17. The largest absolute Gasteiger partial charge is 0.476 e. The summed E-state index contributed by atoms with van der Waals surface area (Å²) in [5.41, 5.74) is 1.84. The number of nitrogens with one attached hydrogen (secondary N) is 1. The van der Waals surface area contributed by atoms with Gasteiger partial charge in [-0.2, -0.15) is 0 Å². The van der Waals surface area contributed by atoms with Crippen LogP contribution in [0.15, 0.2) is 17.0 Å². The van der Waals surface area contributed by atoms with Crippen molar-refractivity contribution in [3.63, 3.8) is 0 Å². The van der Waals surface area contributed by atoms with Gasteiger partial charge < -0.3 is 14.6 Å². The fourth-order valence-corrected chi connectivity index (χ4v) is 3.08. The van der Waals surface area contributed by atoms with Crippen molar-refractivity contribution < 1.29 is 9.53 Å². The number of fused-ring (bicyclic) bond motifs is 1. The number of carbonyl (C=O) groups excluding carboxylic acids is 1. The number of carbonyl (C=O) groups is 1. The number of hydrogen-bond acceptors (Lipinski definition) is 4. The van der Waals surface area contributed by atoms with Crippen LogP contribution in [0.5, 0.6) is 5.88 Å². The summed E-state index contributed by atoms with van der Waals surface area (Å²) in [6, 6.07) is 2.43. The average Bonchev–Trinajstić information content (AvgIpc) is 3.08. The lowest BCUT2D eigenvalue weighted by Gasteiger charge is -2.12. The predicted molar refractivity (Wildman–Crippen MR) is 80.1 cm³/mol. The Morgan fingerprint density at radius 3 is 3.05 bits per heavy atom. The molecule has 2 aliphatic rings. The second-order valence-corrected chi connectivity index (χ2v) is 6.50. The molecule has 4 rings (SSSR count). The molecule has 3 heterocycles. The Morgan fingerprint density at radius 2 is 2.33 bits per heavy atom. The van der Waals surface area contributed by atoms with Gasteiger partial charge in [-0.15, -0.1) is 0 Å². The molecule has 1 saturated carbocycles. The van der Waals surface area contributed by atoms with E-state index in [2.05, 4.69) is 35.8 Å². The molecular formula is C14H15BrN4O2. The zero-order valence-corrected chi connectivity index (χ0v) is 13.0. The molecule has 1 amide bonds. The van der Waals surface area contributed by atoms with Gasteiger partial charge in [0, 0.05) is 24.9 Å². The highest BCUT2D eigenvalue weighted by atomic mass is 79.9. The fraction of sp³-hybridized carbons (Fsp3) is 0.500. The Kier molecular flexibility index (Phi) is 3.10. The van der Waals surface area contributed by atoms with Crippen LogP contribution in [0.3, 0.4) is 0 Å². The molecule has 0 spiro atoms. The first-order chi connectivity index (χ1) is 10.2. The molecule has 2 aromatic rings. The van der Waals surface area contributed by atoms with E-state index >= 15 is 0 Å². The Hall–Kier alpha value is -1.63. The number of hydrogen-bond donors (Lipinski definition) is 1. The van der Waals surface area contributed by atoms with Gasteiger partial charge in [0.25, 0.3) is 0 Å². The summed E-state index contributed by atoms with van der Waals surface area (Å²) >= 11 is 3.40. The molecule has 1 atom stereocenters. The monoisotopic (exact) mass is 350 g/mol. The van der Waals surface area contributed by atoms with Crippen molar-refractivity contribution in [1.82, 2.24) is 19.9 Å². The van der Waals surface area contributed by atoms with Crippen molar-refractivity contribution in [1.29, 1.82) is 0 Å². The molecule has 1 saturated heterocycles. The highest BCUT2D eigenvalue weighted by Crippen LogP contribution is 2.39. The molecule has 7 heteroatoms. The first-order valence-corrected chi connectivity index (χ1v) is 7.92. The normalized spacial score (nSPS) is 21.8. The number of amides is 1. The van der Waals surface area contributed by atoms with Crippen molar-refractivity contribution in [2.45, 2.75) is 25.3 Å². The standard InChI is InChI=1S/C14H15BrN4O2/c15-11-4-10-13(19(7-17-10)9-1-2-9)14(18-11)21-6-8-3-12(20)16-5-8/h4,7-9H,1-3,5-6H2,(H,16,20)/t8-/m1/s1. The van der Waals surface area contributed by atoms with Crippen LogP contribution in [0.4, 0.5) is 0 Å². The van der Waals surface area contributed by atoms with Crippen LogP contribution in [-0.4, -0.2) is 33.6 Å². The summed E-state index contributed by atoms with van der Waals surface area (Å²) in [5.74, 6) is 0.910. The third-order valence-corrected chi connectivity index (χ3v) is 4.35. The van der Waals surface area contributed by atoms with Gasteiger partial charge in [-0.05, 0) is 34.8 Å². The lowest BCUT2D eigenvalue weighted by atomic mass is 10.1. The summed E-state index contributed by atoms with van der Waals surface area (Å²) in [5, 5.41) is 2.82. The number of pyridine rings is 1. The predicted octanol–water partition coefficient (Wildman–Crippen LogP) is 2.04. The van der Waals surface area contributed by atoms with Gasteiger partial charge in [0.2, 0.25) is 11.8 Å². The van der Waals surface area contributed by atoms with Crippen molar-refractivity contribution in [3.05, 3.63) is 17.0 Å². The first-order valence-electron chi connectivity index (χ1n) is 7.13. The molecule has 2 aromatic heterocycles. The number of rotatable bonds is 4. The molecule has 0 radical (unpaired) electrons.